The summed E-state index contributed by atoms with van der Waals surface area (Å²) in [5.74, 6) is 0.258. The summed E-state index contributed by atoms with van der Waals surface area (Å²) < 4.78 is 3.85. The van der Waals surface area contributed by atoms with Gasteiger partial charge < -0.3 is 5.73 Å². The fraction of sp³-hybridized carbons (Fsp3) is 0.286. The average molecular weight is 384 g/mol. The van der Waals surface area contributed by atoms with Crippen molar-refractivity contribution < 1.29 is 0 Å². The van der Waals surface area contributed by atoms with Gasteiger partial charge in [0.2, 0.25) is 5.95 Å². The van der Waals surface area contributed by atoms with Gasteiger partial charge in [-0.2, -0.15) is 5.10 Å². The monoisotopic (exact) mass is 384 g/mol. The summed E-state index contributed by atoms with van der Waals surface area (Å²) in [6.45, 7) is 0.582. The number of fused-ring (bicyclic) bond motifs is 3. The standard InChI is InChI=1S/C21H20N8/c22-21-23-19-16-4-2-1-3-13(16)5-8-17(19)20(24-21)18-12-28(27-25-18)11-14-9-10-29(26-14)15-6-7-15/h1-4,9-10,12,15H,5-8,11H2,(H2,22,23,24). The first-order valence-electron chi connectivity index (χ1n) is 9.94. The Bertz CT molecular complexity index is 1220. The molecule has 0 unspecified atom stereocenters. The number of nitrogen functional groups attached to an aromatic ring is 1. The van der Waals surface area contributed by atoms with E-state index in [1.807, 2.05) is 29.2 Å². The van der Waals surface area contributed by atoms with Crippen molar-refractivity contribution in [3.8, 4) is 22.6 Å². The molecule has 0 spiro atoms. The summed E-state index contributed by atoms with van der Waals surface area (Å²) in [7, 11) is 0. The first-order valence-corrected chi connectivity index (χ1v) is 9.94. The number of aromatic nitrogens is 7. The summed E-state index contributed by atoms with van der Waals surface area (Å²) >= 11 is 0. The van der Waals surface area contributed by atoms with E-state index >= 15 is 0 Å². The molecule has 8 heteroatoms. The molecule has 2 aliphatic carbocycles. The van der Waals surface area contributed by atoms with Crippen LogP contribution in [-0.4, -0.2) is 34.7 Å². The van der Waals surface area contributed by atoms with Gasteiger partial charge in [-0.3, -0.25) is 4.68 Å². The van der Waals surface area contributed by atoms with Crippen LogP contribution in [0.4, 0.5) is 5.95 Å². The zero-order valence-corrected chi connectivity index (χ0v) is 15.9. The van der Waals surface area contributed by atoms with E-state index in [0.29, 0.717) is 12.6 Å². The Morgan fingerprint density at radius 2 is 1.90 bits per heavy atom. The van der Waals surface area contributed by atoms with Gasteiger partial charge in [-0.15, -0.1) is 5.10 Å². The van der Waals surface area contributed by atoms with Crippen molar-refractivity contribution in [3.05, 3.63) is 59.5 Å². The number of rotatable bonds is 4. The molecule has 2 N–H and O–H groups in total. The predicted octanol–water partition coefficient (Wildman–Crippen LogP) is 2.66. The van der Waals surface area contributed by atoms with Crippen LogP contribution in [0.2, 0.25) is 0 Å². The maximum Gasteiger partial charge on any atom is 0.221 e. The SMILES string of the molecule is Nc1nc(-c2cn(Cc3ccn(C4CC4)n3)nn2)c2c(n1)-c1ccccc1CC2. The lowest BCUT2D eigenvalue weighted by atomic mass is 9.88. The highest BCUT2D eigenvalue weighted by atomic mass is 15.4. The third kappa shape index (κ3) is 2.88. The molecule has 0 amide bonds. The third-order valence-electron chi connectivity index (χ3n) is 5.63. The van der Waals surface area contributed by atoms with Crippen molar-refractivity contribution >= 4 is 5.95 Å². The molecule has 4 aromatic rings. The second-order valence-corrected chi connectivity index (χ2v) is 7.73. The highest BCUT2D eigenvalue weighted by molar-refractivity contribution is 5.76. The van der Waals surface area contributed by atoms with E-state index in [1.165, 1.54) is 18.4 Å². The van der Waals surface area contributed by atoms with Gasteiger partial charge in [0.05, 0.1) is 30.2 Å². The van der Waals surface area contributed by atoms with Crippen LogP contribution in [-0.2, 0) is 19.4 Å². The van der Waals surface area contributed by atoms with Crippen molar-refractivity contribution in [1.29, 1.82) is 0 Å². The van der Waals surface area contributed by atoms with Crippen molar-refractivity contribution in [1.82, 2.24) is 34.7 Å². The van der Waals surface area contributed by atoms with E-state index in [0.717, 1.165) is 46.7 Å². The maximum absolute atomic E-state index is 6.05. The largest absolute Gasteiger partial charge is 0.368 e. The Kier molecular flexibility index (Phi) is 3.53. The van der Waals surface area contributed by atoms with Gasteiger partial charge in [-0.05, 0) is 37.3 Å². The van der Waals surface area contributed by atoms with E-state index in [4.69, 9.17) is 5.73 Å². The molecule has 1 aromatic carbocycles. The highest BCUT2D eigenvalue weighted by Gasteiger charge is 2.25. The molecule has 1 saturated carbocycles. The minimum atomic E-state index is 0.258. The molecule has 8 nitrogen and oxygen atoms in total. The summed E-state index contributed by atoms with van der Waals surface area (Å²) in [5.41, 5.74) is 12.9. The molecule has 6 rings (SSSR count). The summed E-state index contributed by atoms with van der Waals surface area (Å²) in [5, 5.41) is 13.3. The predicted molar refractivity (Wildman–Crippen MR) is 108 cm³/mol. The molecular formula is C21H20N8. The van der Waals surface area contributed by atoms with Gasteiger partial charge in [-0.25, -0.2) is 14.6 Å². The molecule has 0 atom stereocenters. The third-order valence-corrected chi connectivity index (χ3v) is 5.63. The average Bonchev–Trinajstić information content (AvgIpc) is 3.31. The van der Waals surface area contributed by atoms with Crippen LogP contribution in [0.5, 0.6) is 0 Å². The molecule has 0 bridgehead atoms. The zero-order valence-electron chi connectivity index (χ0n) is 15.9. The Labute approximate surface area is 167 Å². The van der Waals surface area contributed by atoms with Crippen LogP contribution in [0.15, 0.2) is 42.7 Å². The first-order chi connectivity index (χ1) is 14.2. The Morgan fingerprint density at radius 1 is 1.03 bits per heavy atom. The topological polar surface area (TPSA) is 100 Å². The van der Waals surface area contributed by atoms with Crippen LogP contribution >= 0.6 is 0 Å². The normalized spacial score (nSPS) is 15.2. The van der Waals surface area contributed by atoms with Crippen LogP contribution < -0.4 is 5.73 Å². The smallest absolute Gasteiger partial charge is 0.221 e. The lowest BCUT2D eigenvalue weighted by Crippen LogP contribution is -2.11. The van der Waals surface area contributed by atoms with E-state index in [2.05, 4.69) is 43.6 Å². The molecule has 144 valence electrons. The first kappa shape index (κ1) is 16.4. The number of hydrogen-bond donors (Lipinski definition) is 1. The Morgan fingerprint density at radius 3 is 2.79 bits per heavy atom. The summed E-state index contributed by atoms with van der Waals surface area (Å²) in [6, 6.07) is 11.0. The fourth-order valence-corrected chi connectivity index (χ4v) is 4.06. The van der Waals surface area contributed by atoms with Gasteiger partial charge in [-0.1, -0.05) is 29.5 Å². The molecule has 1 fully saturated rings. The summed E-state index contributed by atoms with van der Waals surface area (Å²) in [6.07, 6.45) is 8.22. The lowest BCUT2D eigenvalue weighted by molar-refractivity contribution is 0.595. The van der Waals surface area contributed by atoms with Crippen LogP contribution in [0.1, 0.15) is 35.7 Å². The van der Waals surface area contributed by atoms with Gasteiger partial charge in [0.1, 0.15) is 11.4 Å². The zero-order chi connectivity index (χ0) is 19.4. The van der Waals surface area contributed by atoms with Crippen molar-refractivity contribution in [2.75, 3.05) is 5.73 Å². The molecular weight excluding hydrogens is 364 g/mol. The number of nitrogens with zero attached hydrogens (tertiary/aromatic N) is 7. The van der Waals surface area contributed by atoms with Crippen molar-refractivity contribution in [3.63, 3.8) is 0 Å². The number of anilines is 1. The Hall–Kier alpha value is -3.55. The van der Waals surface area contributed by atoms with E-state index in [-0.39, 0.29) is 5.95 Å². The number of benzene rings is 1. The second-order valence-electron chi connectivity index (χ2n) is 7.73. The number of aryl methyl sites for hydroxylation is 1. The molecule has 0 radical (unpaired) electrons. The van der Waals surface area contributed by atoms with Gasteiger partial charge in [0.15, 0.2) is 0 Å². The van der Waals surface area contributed by atoms with Crippen LogP contribution in [0, 0.1) is 0 Å². The molecule has 29 heavy (non-hydrogen) atoms. The van der Waals surface area contributed by atoms with Crippen LogP contribution in [0.25, 0.3) is 22.6 Å². The molecule has 0 aliphatic heterocycles. The molecule has 3 heterocycles. The number of nitrogens with two attached hydrogens (primary N) is 1. The maximum atomic E-state index is 6.05. The van der Waals surface area contributed by atoms with Crippen molar-refractivity contribution in [2.24, 2.45) is 0 Å². The molecule has 0 saturated heterocycles. The van der Waals surface area contributed by atoms with Gasteiger partial charge in [0.25, 0.3) is 0 Å². The van der Waals surface area contributed by atoms with Crippen molar-refractivity contribution in [2.45, 2.75) is 38.3 Å². The molecule has 3 aromatic heterocycles. The summed E-state index contributed by atoms with van der Waals surface area (Å²) in [4.78, 5) is 9.06. The van der Waals surface area contributed by atoms with E-state index in [9.17, 15) is 0 Å². The Balaban J connectivity index is 1.35. The minimum Gasteiger partial charge on any atom is -0.368 e. The molecule has 2 aliphatic rings. The van der Waals surface area contributed by atoms with Gasteiger partial charge >= 0.3 is 0 Å². The fourth-order valence-electron chi connectivity index (χ4n) is 4.06. The van der Waals surface area contributed by atoms with Crippen LogP contribution in [0.3, 0.4) is 0 Å². The van der Waals surface area contributed by atoms with E-state index < -0.39 is 0 Å². The van der Waals surface area contributed by atoms with E-state index in [1.54, 1.807) is 4.68 Å². The lowest BCUT2D eigenvalue weighted by Gasteiger charge is -2.20. The quantitative estimate of drug-likeness (QED) is 0.581. The number of hydrogen-bond acceptors (Lipinski definition) is 6. The minimum absolute atomic E-state index is 0.258. The second kappa shape index (κ2) is 6.23. The highest BCUT2D eigenvalue weighted by Crippen LogP contribution is 2.36. The van der Waals surface area contributed by atoms with Gasteiger partial charge in [0, 0.05) is 17.3 Å².